The molecule has 3 rings (SSSR count). The molecule has 0 aliphatic heterocycles. The third-order valence-corrected chi connectivity index (χ3v) is 4.17. The first-order chi connectivity index (χ1) is 13.0. The molecule has 3 aromatic rings. The Morgan fingerprint density at radius 1 is 1.00 bits per heavy atom. The van der Waals surface area contributed by atoms with Gasteiger partial charge in [-0.25, -0.2) is 4.79 Å². The number of amides is 2. The Bertz CT molecular complexity index is 1020. The Morgan fingerprint density at radius 2 is 1.78 bits per heavy atom. The molecule has 0 spiro atoms. The molecule has 2 N–H and O–H groups in total. The molecule has 0 saturated heterocycles. The van der Waals surface area contributed by atoms with Gasteiger partial charge in [-0.1, -0.05) is 36.4 Å². The lowest BCUT2D eigenvalue weighted by Crippen LogP contribution is -2.38. The van der Waals surface area contributed by atoms with Crippen LogP contribution < -0.4 is 10.6 Å². The monoisotopic (exact) mass is 368 g/mol. The highest BCUT2D eigenvalue weighted by molar-refractivity contribution is 6.08. The summed E-state index contributed by atoms with van der Waals surface area (Å²) in [5.41, 5.74) is 1.27. The van der Waals surface area contributed by atoms with Gasteiger partial charge in [0.2, 0.25) is 11.7 Å². The molecule has 7 heteroatoms. The highest BCUT2D eigenvalue weighted by Crippen LogP contribution is 2.31. The van der Waals surface area contributed by atoms with Crippen LogP contribution in [0.25, 0.3) is 21.7 Å². The highest BCUT2D eigenvalue weighted by atomic mass is 16.5. The quantitative estimate of drug-likeness (QED) is 0.651. The molecule has 140 valence electrons. The average molecular weight is 368 g/mol. The number of aryl methyl sites for hydroxylation is 1. The van der Waals surface area contributed by atoms with Crippen molar-refractivity contribution in [2.24, 2.45) is 0 Å². The molecule has 0 aliphatic rings. The zero-order valence-corrected chi connectivity index (χ0v) is 15.1. The first-order valence-electron chi connectivity index (χ1n) is 8.62. The Kier molecular flexibility index (Phi) is 5.40. The Hall–Kier alpha value is -3.35. The molecule has 0 fully saturated rings. The number of hydrogen-bond acceptors (Lipinski definition) is 5. The molecular formula is C20H20N2O5. The number of benzene rings is 2. The smallest absolute Gasteiger partial charge is 0.375 e. The predicted octanol–water partition coefficient (Wildman–Crippen LogP) is 2.30. The Labute approximate surface area is 155 Å². The van der Waals surface area contributed by atoms with Crippen LogP contribution in [-0.4, -0.2) is 37.5 Å². The van der Waals surface area contributed by atoms with E-state index >= 15 is 0 Å². The first-order valence-corrected chi connectivity index (χ1v) is 8.62. The number of likely N-dealkylation sites (N-methyl/N-ethyl adjacent to an activating group) is 1. The standard InChI is InChI=1S/C20H20N2O5/c1-3-21-16(23)10-22-17(24)11-26-20(25)18-12(2)14-9-8-13-6-4-5-7-15(13)19(14)27-18/h4-9H,3,10-11H2,1-2H3,(H,21,23)(H,22,24). The number of ether oxygens (including phenoxy) is 1. The Morgan fingerprint density at radius 3 is 2.56 bits per heavy atom. The molecule has 0 saturated carbocycles. The molecule has 0 unspecified atom stereocenters. The summed E-state index contributed by atoms with van der Waals surface area (Å²) >= 11 is 0. The highest BCUT2D eigenvalue weighted by Gasteiger charge is 2.21. The van der Waals surface area contributed by atoms with Gasteiger partial charge in [0.05, 0.1) is 6.54 Å². The lowest BCUT2D eigenvalue weighted by Gasteiger charge is -2.06. The van der Waals surface area contributed by atoms with E-state index in [0.29, 0.717) is 17.7 Å². The molecule has 0 radical (unpaired) electrons. The Balaban J connectivity index is 1.71. The second-order valence-corrected chi connectivity index (χ2v) is 6.03. The average Bonchev–Trinajstić information content (AvgIpc) is 3.02. The van der Waals surface area contributed by atoms with Gasteiger partial charge >= 0.3 is 5.97 Å². The van der Waals surface area contributed by atoms with E-state index in [4.69, 9.17) is 9.15 Å². The zero-order valence-electron chi connectivity index (χ0n) is 15.1. The van der Waals surface area contributed by atoms with E-state index in [1.165, 1.54) is 0 Å². The van der Waals surface area contributed by atoms with Crippen LogP contribution in [0.3, 0.4) is 0 Å². The molecule has 0 bridgehead atoms. The van der Waals surface area contributed by atoms with Crippen LogP contribution in [0.1, 0.15) is 23.0 Å². The molecule has 0 aliphatic carbocycles. The molecule has 27 heavy (non-hydrogen) atoms. The van der Waals surface area contributed by atoms with Crippen LogP contribution >= 0.6 is 0 Å². The normalized spacial score (nSPS) is 10.7. The second-order valence-electron chi connectivity index (χ2n) is 6.03. The van der Waals surface area contributed by atoms with Gasteiger partial charge in [0, 0.05) is 22.9 Å². The van der Waals surface area contributed by atoms with Crippen molar-refractivity contribution in [2.75, 3.05) is 19.7 Å². The first kappa shape index (κ1) is 18.4. The van der Waals surface area contributed by atoms with Gasteiger partial charge in [-0.15, -0.1) is 0 Å². The van der Waals surface area contributed by atoms with Crippen LogP contribution in [0.15, 0.2) is 40.8 Å². The predicted molar refractivity (Wildman–Crippen MR) is 100 cm³/mol. The molecule has 2 amide bonds. The lowest BCUT2D eigenvalue weighted by atomic mass is 10.1. The third-order valence-electron chi connectivity index (χ3n) is 4.17. The molecule has 2 aromatic carbocycles. The number of hydrogen-bond donors (Lipinski definition) is 2. The minimum atomic E-state index is -0.721. The van der Waals surface area contributed by atoms with E-state index in [0.717, 1.165) is 16.2 Å². The number of carbonyl (C=O) groups is 3. The van der Waals surface area contributed by atoms with Gasteiger partial charge in [0.1, 0.15) is 5.58 Å². The summed E-state index contributed by atoms with van der Waals surface area (Å²) in [5.74, 6) is -1.52. The van der Waals surface area contributed by atoms with Crippen LogP contribution in [0.4, 0.5) is 0 Å². The summed E-state index contributed by atoms with van der Waals surface area (Å²) in [6.45, 7) is 3.37. The topological polar surface area (TPSA) is 97.6 Å². The fourth-order valence-electron chi connectivity index (χ4n) is 2.83. The van der Waals surface area contributed by atoms with Crippen molar-refractivity contribution in [3.63, 3.8) is 0 Å². The minimum Gasteiger partial charge on any atom is -0.450 e. The van der Waals surface area contributed by atoms with Crippen molar-refractivity contribution in [2.45, 2.75) is 13.8 Å². The van der Waals surface area contributed by atoms with E-state index < -0.39 is 18.5 Å². The lowest BCUT2D eigenvalue weighted by molar-refractivity contribution is -0.127. The maximum absolute atomic E-state index is 12.3. The van der Waals surface area contributed by atoms with Crippen LogP contribution in [0, 0.1) is 6.92 Å². The van der Waals surface area contributed by atoms with Crippen LogP contribution in [-0.2, 0) is 14.3 Å². The van der Waals surface area contributed by atoms with Crippen molar-refractivity contribution in [3.8, 4) is 0 Å². The van der Waals surface area contributed by atoms with E-state index in [1.54, 1.807) is 13.8 Å². The number of carbonyl (C=O) groups excluding carboxylic acids is 3. The third kappa shape index (κ3) is 3.92. The molecule has 7 nitrogen and oxygen atoms in total. The second kappa shape index (κ2) is 7.90. The number of fused-ring (bicyclic) bond motifs is 3. The van der Waals surface area contributed by atoms with Crippen molar-refractivity contribution in [3.05, 3.63) is 47.7 Å². The van der Waals surface area contributed by atoms with Crippen molar-refractivity contribution in [1.82, 2.24) is 10.6 Å². The number of rotatable bonds is 6. The largest absolute Gasteiger partial charge is 0.450 e. The van der Waals surface area contributed by atoms with Gasteiger partial charge in [-0.2, -0.15) is 0 Å². The zero-order chi connectivity index (χ0) is 19.4. The fraction of sp³-hybridized carbons (Fsp3) is 0.250. The van der Waals surface area contributed by atoms with Gasteiger partial charge in [0.25, 0.3) is 5.91 Å². The van der Waals surface area contributed by atoms with E-state index in [2.05, 4.69) is 10.6 Å². The number of nitrogens with one attached hydrogen (secondary N) is 2. The molecule has 1 heterocycles. The van der Waals surface area contributed by atoms with Crippen LogP contribution in [0.2, 0.25) is 0 Å². The van der Waals surface area contributed by atoms with Gasteiger partial charge in [0.15, 0.2) is 6.61 Å². The van der Waals surface area contributed by atoms with Crippen molar-refractivity contribution >= 4 is 39.5 Å². The van der Waals surface area contributed by atoms with Gasteiger partial charge in [-0.3, -0.25) is 9.59 Å². The van der Waals surface area contributed by atoms with E-state index in [-0.39, 0.29) is 18.2 Å². The molecule has 0 atom stereocenters. The summed E-state index contributed by atoms with van der Waals surface area (Å²) in [4.78, 5) is 35.4. The summed E-state index contributed by atoms with van der Waals surface area (Å²) in [6.07, 6.45) is 0. The summed E-state index contributed by atoms with van der Waals surface area (Å²) in [6, 6.07) is 11.6. The van der Waals surface area contributed by atoms with Gasteiger partial charge in [-0.05, 0) is 19.2 Å². The van der Waals surface area contributed by atoms with E-state index in [1.807, 2.05) is 36.4 Å². The molecular weight excluding hydrogens is 348 g/mol. The van der Waals surface area contributed by atoms with Crippen molar-refractivity contribution < 1.29 is 23.5 Å². The SMILES string of the molecule is CCNC(=O)CNC(=O)COC(=O)c1oc2c(ccc3ccccc32)c1C. The summed E-state index contributed by atoms with van der Waals surface area (Å²) in [5, 5.41) is 7.66. The maximum Gasteiger partial charge on any atom is 0.375 e. The summed E-state index contributed by atoms with van der Waals surface area (Å²) in [7, 11) is 0. The van der Waals surface area contributed by atoms with Crippen molar-refractivity contribution in [1.29, 1.82) is 0 Å². The number of furan rings is 1. The molecule has 1 aromatic heterocycles. The van der Waals surface area contributed by atoms with Crippen LogP contribution in [0.5, 0.6) is 0 Å². The maximum atomic E-state index is 12.3. The fourth-order valence-corrected chi connectivity index (χ4v) is 2.83. The van der Waals surface area contributed by atoms with E-state index in [9.17, 15) is 14.4 Å². The number of esters is 1. The minimum absolute atomic E-state index is 0.0675. The summed E-state index contributed by atoms with van der Waals surface area (Å²) < 4.78 is 10.8. The van der Waals surface area contributed by atoms with Gasteiger partial charge < -0.3 is 19.8 Å².